The molecule has 0 amide bonds. The topological polar surface area (TPSA) is 9.23 Å². The number of hydrogen-bond donors (Lipinski definition) is 0. The maximum absolute atomic E-state index is 14.5. The van der Waals surface area contributed by atoms with Gasteiger partial charge in [0, 0.05) is 0 Å². The van der Waals surface area contributed by atoms with Crippen LogP contribution in [0, 0.1) is 5.82 Å². The van der Waals surface area contributed by atoms with Crippen molar-refractivity contribution in [2.45, 2.75) is 52.4 Å². The molecule has 0 unspecified atom stereocenters. The van der Waals surface area contributed by atoms with Crippen LogP contribution in [-0.2, 0) is 10.8 Å². The number of hydrogen-bond acceptors (Lipinski definition) is 1. The molecule has 1 aromatic carbocycles. The van der Waals surface area contributed by atoms with Crippen LogP contribution < -0.4 is 4.74 Å². The van der Waals surface area contributed by atoms with E-state index in [4.69, 9.17) is 4.74 Å². The summed E-state index contributed by atoms with van der Waals surface area (Å²) in [5.74, 6) is 0.618. The first-order valence-electron chi connectivity index (χ1n) is 5.96. The van der Waals surface area contributed by atoms with Crippen LogP contribution in [0.1, 0.15) is 52.7 Å². The van der Waals surface area contributed by atoms with Gasteiger partial charge >= 0.3 is 0 Å². The Morgan fingerprint density at radius 2 is 1.24 bits per heavy atom. The molecule has 0 spiro atoms. The van der Waals surface area contributed by atoms with Crippen molar-refractivity contribution < 1.29 is 9.13 Å². The third-order valence-electron chi connectivity index (χ3n) is 2.90. The van der Waals surface area contributed by atoms with E-state index in [0.29, 0.717) is 11.1 Å². The summed E-state index contributed by atoms with van der Waals surface area (Å²) in [5, 5.41) is 0. The van der Waals surface area contributed by atoms with E-state index in [1.807, 2.05) is 41.5 Å². The lowest BCUT2D eigenvalue weighted by molar-refractivity contribution is 0.403. The van der Waals surface area contributed by atoms with E-state index in [1.54, 1.807) is 19.2 Å². The summed E-state index contributed by atoms with van der Waals surface area (Å²) in [6, 6.07) is 3.59. The lowest BCUT2D eigenvalue weighted by Gasteiger charge is -2.27. The highest BCUT2D eigenvalue weighted by Crippen LogP contribution is 2.35. The van der Waals surface area contributed by atoms with Crippen molar-refractivity contribution in [1.29, 1.82) is 0 Å². The fraction of sp³-hybridized carbons (Fsp3) is 0.600. The van der Waals surface area contributed by atoms with E-state index in [0.717, 1.165) is 5.75 Å². The van der Waals surface area contributed by atoms with Crippen molar-refractivity contribution in [2.75, 3.05) is 7.11 Å². The van der Waals surface area contributed by atoms with Crippen LogP contribution in [0.4, 0.5) is 4.39 Å². The number of benzene rings is 1. The highest BCUT2D eigenvalue weighted by Gasteiger charge is 2.27. The Balaban J connectivity index is 3.53. The number of rotatable bonds is 1. The Labute approximate surface area is 104 Å². The minimum absolute atomic E-state index is 0.106. The van der Waals surface area contributed by atoms with Crippen LogP contribution in [0.25, 0.3) is 0 Å². The van der Waals surface area contributed by atoms with Crippen LogP contribution in [0.5, 0.6) is 5.75 Å². The molecule has 2 heteroatoms. The highest BCUT2D eigenvalue weighted by atomic mass is 19.1. The lowest BCUT2D eigenvalue weighted by atomic mass is 9.80. The van der Waals surface area contributed by atoms with Gasteiger partial charge in [0.15, 0.2) is 0 Å². The molecule has 17 heavy (non-hydrogen) atoms. The minimum atomic E-state index is -0.224. The molecule has 0 aliphatic rings. The van der Waals surface area contributed by atoms with Crippen molar-refractivity contribution in [3.05, 3.63) is 29.1 Å². The number of ether oxygens (including phenoxy) is 1. The van der Waals surface area contributed by atoms with Gasteiger partial charge in [0.1, 0.15) is 11.6 Å². The van der Waals surface area contributed by atoms with Gasteiger partial charge in [-0.2, -0.15) is 0 Å². The second-order valence-electron chi connectivity index (χ2n) is 6.54. The van der Waals surface area contributed by atoms with Gasteiger partial charge in [-0.1, -0.05) is 41.5 Å². The molecule has 0 aromatic heterocycles. The van der Waals surface area contributed by atoms with Crippen molar-refractivity contribution in [3.8, 4) is 5.75 Å². The first kappa shape index (κ1) is 14.0. The Kier molecular flexibility index (Phi) is 3.56. The molecule has 0 N–H and O–H groups in total. The maximum atomic E-state index is 14.5. The zero-order valence-electron chi connectivity index (χ0n) is 11.9. The molecule has 0 fully saturated rings. The highest BCUT2D eigenvalue weighted by molar-refractivity contribution is 5.42. The van der Waals surface area contributed by atoms with Gasteiger partial charge in [0.2, 0.25) is 0 Å². The fourth-order valence-corrected chi connectivity index (χ4v) is 1.81. The van der Waals surface area contributed by atoms with E-state index in [2.05, 4.69) is 0 Å². The van der Waals surface area contributed by atoms with Crippen molar-refractivity contribution in [2.24, 2.45) is 0 Å². The van der Waals surface area contributed by atoms with Gasteiger partial charge in [0.25, 0.3) is 0 Å². The third-order valence-corrected chi connectivity index (χ3v) is 2.90. The number of halogens is 1. The van der Waals surface area contributed by atoms with Crippen molar-refractivity contribution in [3.63, 3.8) is 0 Å². The summed E-state index contributed by atoms with van der Waals surface area (Å²) in [5.41, 5.74) is 0.973. The number of methoxy groups -OCH3 is 1. The van der Waals surface area contributed by atoms with Gasteiger partial charge in [-0.25, -0.2) is 4.39 Å². The van der Waals surface area contributed by atoms with E-state index in [1.165, 1.54) is 0 Å². The summed E-state index contributed by atoms with van der Waals surface area (Å²) in [6.45, 7) is 12.1. The molecule has 0 saturated carbocycles. The molecule has 96 valence electrons. The molecule has 0 radical (unpaired) electrons. The SMILES string of the molecule is COc1cc(C(C)(C)C)c(F)c(C(C)(C)C)c1. The van der Waals surface area contributed by atoms with Gasteiger partial charge in [0.05, 0.1) is 7.11 Å². The summed E-state index contributed by atoms with van der Waals surface area (Å²) in [6.07, 6.45) is 0. The first-order valence-corrected chi connectivity index (χ1v) is 5.96. The fourth-order valence-electron chi connectivity index (χ4n) is 1.81. The molecule has 0 atom stereocenters. The van der Waals surface area contributed by atoms with E-state index in [-0.39, 0.29) is 16.6 Å². The molecule has 1 aromatic rings. The van der Waals surface area contributed by atoms with E-state index < -0.39 is 0 Å². The zero-order chi connectivity index (χ0) is 13.4. The van der Waals surface area contributed by atoms with Gasteiger partial charge in [-0.3, -0.25) is 0 Å². The van der Waals surface area contributed by atoms with Gasteiger partial charge in [-0.05, 0) is 34.1 Å². The van der Waals surface area contributed by atoms with E-state index >= 15 is 0 Å². The van der Waals surface area contributed by atoms with Crippen LogP contribution in [0.2, 0.25) is 0 Å². The van der Waals surface area contributed by atoms with Crippen LogP contribution >= 0.6 is 0 Å². The van der Waals surface area contributed by atoms with Crippen LogP contribution in [-0.4, -0.2) is 7.11 Å². The van der Waals surface area contributed by atoms with Gasteiger partial charge in [-0.15, -0.1) is 0 Å². The average molecular weight is 238 g/mol. The quantitative estimate of drug-likeness (QED) is 0.703. The predicted octanol–water partition coefficient (Wildman–Crippen LogP) is 4.43. The first-order chi connectivity index (χ1) is 7.57. The molecule has 0 bridgehead atoms. The Morgan fingerprint density at radius 3 is 1.47 bits per heavy atom. The predicted molar refractivity (Wildman–Crippen MR) is 70.4 cm³/mol. The van der Waals surface area contributed by atoms with E-state index in [9.17, 15) is 4.39 Å². The summed E-state index contributed by atoms with van der Waals surface area (Å²) >= 11 is 0. The molecule has 0 saturated heterocycles. The molecule has 1 nitrogen and oxygen atoms in total. The van der Waals surface area contributed by atoms with Crippen molar-refractivity contribution >= 4 is 0 Å². The van der Waals surface area contributed by atoms with Crippen LogP contribution in [0.15, 0.2) is 12.1 Å². The Bertz CT molecular complexity index is 373. The molecule has 1 rings (SSSR count). The molecule has 0 heterocycles. The normalized spacial score (nSPS) is 12.7. The smallest absolute Gasteiger partial charge is 0.130 e. The monoisotopic (exact) mass is 238 g/mol. The lowest BCUT2D eigenvalue weighted by Crippen LogP contribution is -2.20. The maximum Gasteiger partial charge on any atom is 0.130 e. The third kappa shape index (κ3) is 2.99. The Morgan fingerprint density at radius 1 is 0.882 bits per heavy atom. The second-order valence-corrected chi connectivity index (χ2v) is 6.54. The largest absolute Gasteiger partial charge is 0.497 e. The van der Waals surface area contributed by atoms with Crippen molar-refractivity contribution in [1.82, 2.24) is 0 Å². The van der Waals surface area contributed by atoms with Crippen LogP contribution in [0.3, 0.4) is 0 Å². The summed E-state index contributed by atoms with van der Waals surface area (Å²) in [4.78, 5) is 0. The Hall–Kier alpha value is -1.05. The molecular formula is C15H23FO. The minimum Gasteiger partial charge on any atom is -0.497 e. The molecule has 0 aliphatic carbocycles. The van der Waals surface area contributed by atoms with Gasteiger partial charge < -0.3 is 4.74 Å². The zero-order valence-corrected chi connectivity index (χ0v) is 11.9. The summed E-state index contributed by atoms with van der Waals surface area (Å²) in [7, 11) is 1.62. The average Bonchev–Trinajstić information content (AvgIpc) is 2.14. The molecular weight excluding hydrogens is 215 g/mol. The standard InChI is InChI=1S/C15H23FO/c1-14(2,3)11-8-10(17-7)9-12(13(11)16)15(4,5)6/h8-9H,1-7H3. The summed E-state index contributed by atoms with van der Waals surface area (Å²) < 4.78 is 19.8. The molecule has 0 aliphatic heterocycles. The second kappa shape index (κ2) is 4.32.